The number of carbonyl (C=O) groups is 2. The van der Waals surface area contributed by atoms with Gasteiger partial charge >= 0.3 is 0 Å². The highest BCUT2D eigenvalue weighted by Gasteiger charge is 2.30. The van der Waals surface area contributed by atoms with Gasteiger partial charge in [0.05, 0.1) is 23.9 Å². The topological polar surface area (TPSA) is 70.5 Å². The minimum absolute atomic E-state index is 0.0430. The molecule has 1 unspecified atom stereocenters. The van der Waals surface area contributed by atoms with Crippen LogP contribution < -0.4 is 5.32 Å². The zero-order chi connectivity index (χ0) is 18.5. The summed E-state index contributed by atoms with van der Waals surface area (Å²) in [5.74, 6) is 0.298. The molecule has 144 valence electrons. The Morgan fingerprint density at radius 3 is 2.85 bits per heavy atom. The SMILES string of the molecule is CCN(CC)C(=O)C1CCCN(C(=O)CCc2cc3n(n2)CCNC3)C1. The van der Waals surface area contributed by atoms with E-state index >= 15 is 0 Å². The molecule has 0 bridgehead atoms. The highest BCUT2D eigenvalue weighted by atomic mass is 16.2. The van der Waals surface area contributed by atoms with Gasteiger partial charge in [0.15, 0.2) is 0 Å². The molecule has 1 N–H and O–H groups in total. The van der Waals surface area contributed by atoms with Gasteiger partial charge in [-0.2, -0.15) is 5.10 Å². The molecule has 1 aromatic heterocycles. The van der Waals surface area contributed by atoms with Crippen molar-refractivity contribution in [3.05, 3.63) is 17.5 Å². The fourth-order valence-electron chi connectivity index (χ4n) is 3.97. The van der Waals surface area contributed by atoms with Crippen LogP contribution in [0.25, 0.3) is 0 Å². The molecule has 26 heavy (non-hydrogen) atoms. The Morgan fingerprint density at radius 2 is 2.12 bits per heavy atom. The number of piperidine rings is 1. The van der Waals surface area contributed by atoms with Gasteiger partial charge in [0.25, 0.3) is 0 Å². The third kappa shape index (κ3) is 4.26. The zero-order valence-corrected chi connectivity index (χ0v) is 16.0. The van der Waals surface area contributed by atoms with E-state index in [-0.39, 0.29) is 17.7 Å². The molecule has 1 fully saturated rings. The molecule has 2 aliphatic heterocycles. The molecule has 2 amide bonds. The number of amides is 2. The molecule has 7 nitrogen and oxygen atoms in total. The highest BCUT2D eigenvalue weighted by Crippen LogP contribution is 2.20. The smallest absolute Gasteiger partial charge is 0.227 e. The van der Waals surface area contributed by atoms with Crippen LogP contribution in [0.15, 0.2) is 6.07 Å². The molecule has 1 atom stereocenters. The van der Waals surface area contributed by atoms with Crippen molar-refractivity contribution in [3.63, 3.8) is 0 Å². The number of hydrogen-bond acceptors (Lipinski definition) is 4. The Morgan fingerprint density at radius 1 is 1.31 bits per heavy atom. The third-order valence-corrected chi connectivity index (χ3v) is 5.51. The number of carbonyl (C=O) groups excluding carboxylic acids is 2. The molecule has 0 aliphatic carbocycles. The summed E-state index contributed by atoms with van der Waals surface area (Å²) in [5, 5.41) is 7.93. The number of fused-ring (bicyclic) bond motifs is 1. The summed E-state index contributed by atoms with van der Waals surface area (Å²) in [4.78, 5) is 29.0. The van der Waals surface area contributed by atoms with Gasteiger partial charge in [-0.25, -0.2) is 0 Å². The van der Waals surface area contributed by atoms with E-state index in [0.717, 1.165) is 57.8 Å². The standard InChI is InChI=1S/C19H31N5O2/c1-3-22(4-2)19(26)15-6-5-10-23(14-15)18(25)8-7-16-12-17-13-20-9-11-24(17)21-16/h12,15,20H,3-11,13-14H2,1-2H3. The van der Waals surface area contributed by atoms with Crippen molar-refractivity contribution in [2.75, 3.05) is 32.7 Å². The van der Waals surface area contributed by atoms with Crippen LogP contribution in [0.2, 0.25) is 0 Å². The first-order valence-electron chi connectivity index (χ1n) is 9.95. The maximum absolute atomic E-state index is 12.6. The van der Waals surface area contributed by atoms with Crippen LogP contribution in [0.5, 0.6) is 0 Å². The average molecular weight is 361 g/mol. The fourth-order valence-corrected chi connectivity index (χ4v) is 3.97. The molecule has 7 heteroatoms. The second-order valence-electron chi connectivity index (χ2n) is 7.22. The largest absolute Gasteiger partial charge is 0.343 e. The number of hydrogen-bond donors (Lipinski definition) is 1. The lowest BCUT2D eigenvalue weighted by molar-refractivity contribution is -0.140. The second kappa shape index (κ2) is 8.66. The van der Waals surface area contributed by atoms with E-state index in [2.05, 4.69) is 16.5 Å². The van der Waals surface area contributed by atoms with Crippen LogP contribution >= 0.6 is 0 Å². The van der Waals surface area contributed by atoms with Gasteiger partial charge in [0, 0.05) is 52.1 Å². The lowest BCUT2D eigenvalue weighted by atomic mass is 9.96. The summed E-state index contributed by atoms with van der Waals surface area (Å²) in [5.41, 5.74) is 2.19. The van der Waals surface area contributed by atoms with Crippen molar-refractivity contribution in [2.45, 2.75) is 52.6 Å². The summed E-state index contributed by atoms with van der Waals surface area (Å²) in [6, 6.07) is 2.10. The van der Waals surface area contributed by atoms with Crippen LogP contribution in [-0.4, -0.2) is 64.1 Å². The number of aromatic nitrogens is 2. The summed E-state index contributed by atoms with van der Waals surface area (Å²) in [7, 11) is 0. The normalized spacial score (nSPS) is 19.9. The Kier molecular flexibility index (Phi) is 6.29. The first-order chi connectivity index (χ1) is 12.6. The molecule has 0 saturated carbocycles. The van der Waals surface area contributed by atoms with Gasteiger partial charge in [-0.05, 0) is 32.8 Å². The molecule has 1 saturated heterocycles. The lowest BCUT2D eigenvalue weighted by Crippen LogP contribution is -2.46. The van der Waals surface area contributed by atoms with E-state index < -0.39 is 0 Å². The van der Waals surface area contributed by atoms with E-state index in [1.54, 1.807) is 0 Å². The Hall–Kier alpha value is -1.89. The van der Waals surface area contributed by atoms with Crippen molar-refractivity contribution in [2.24, 2.45) is 5.92 Å². The predicted octanol–water partition coefficient (Wildman–Crippen LogP) is 1.03. The molecule has 0 spiro atoms. The van der Waals surface area contributed by atoms with E-state index in [4.69, 9.17) is 0 Å². The number of rotatable bonds is 6. The number of likely N-dealkylation sites (tertiary alicyclic amines) is 1. The molecule has 0 aromatic carbocycles. The van der Waals surface area contributed by atoms with Crippen LogP contribution in [-0.2, 0) is 29.1 Å². The number of nitrogens with zero attached hydrogens (tertiary/aromatic N) is 4. The summed E-state index contributed by atoms with van der Waals surface area (Å²) in [6.45, 7) is 9.51. The van der Waals surface area contributed by atoms with Gasteiger partial charge < -0.3 is 15.1 Å². The Labute approximate surface area is 155 Å². The van der Waals surface area contributed by atoms with E-state index in [1.807, 2.05) is 28.3 Å². The third-order valence-electron chi connectivity index (χ3n) is 5.51. The Balaban J connectivity index is 1.52. The summed E-state index contributed by atoms with van der Waals surface area (Å²) in [6.07, 6.45) is 2.94. The second-order valence-corrected chi connectivity index (χ2v) is 7.22. The van der Waals surface area contributed by atoms with Crippen molar-refractivity contribution in [1.82, 2.24) is 24.9 Å². The number of nitrogens with one attached hydrogen (secondary N) is 1. The maximum atomic E-state index is 12.6. The first-order valence-corrected chi connectivity index (χ1v) is 9.95. The quantitative estimate of drug-likeness (QED) is 0.821. The summed E-state index contributed by atoms with van der Waals surface area (Å²) < 4.78 is 2.04. The van der Waals surface area contributed by atoms with Crippen LogP contribution in [0.1, 0.15) is 44.5 Å². The van der Waals surface area contributed by atoms with Gasteiger partial charge in [0.1, 0.15) is 0 Å². The van der Waals surface area contributed by atoms with Gasteiger partial charge in [-0.3, -0.25) is 14.3 Å². The lowest BCUT2D eigenvalue weighted by Gasteiger charge is -2.34. The predicted molar refractivity (Wildman–Crippen MR) is 99.5 cm³/mol. The minimum atomic E-state index is -0.0430. The molecular formula is C19H31N5O2. The highest BCUT2D eigenvalue weighted by molar-refractivity contribution is 5.81. The van der Waals surface area contributed by atoms with Crippen LogP contribution in [0.4, 0.5) is 0 Å². The average Bonchev–Trinajstić information content (AvgIpc) is 3.10. The van der Waals surface area contributed by atoms with Gasteiger partial charge in [-0.1, -0.05) is 0 Å². The van der Waals surface area contributed by atoms with Crippen molar-refractivity contribution in [1.29, 1.82) is 0 Å². The van der Waals surface area contributed by atoms with Crippen LogP contribution in [0.3, 0.4) is 0 Å². The fraction of sp³-hybridized carbons (Fsp3) is 0.737. The molecule has 1 aromatic rings. The number of aryl methyl sites for hydroxylation is 1. The molecular weight excluding hydrogens is 330 g/mol. The van der Waals surface area contributed by atoms with E-state index in [0.29, 0.717) is 19.4 Å². The van der Waals surface area contributed by atoms with Crippen molar-refractivity contribution < 1.29 is 9.59 Å². The summed E-state index contributed by atoms with van der Waals surface area (Å²) >= 11 is 0. The van der Waals surface area contributed by atoms with Crippen LogP contribution in [0, 0.1) is 5.92 Å². The van der Waals surface area contributed by atoms with Gasteiger partial charge in [-0.15, -0.1) is 0 Å². The first kappa shape index (κ1) is 18.9. The maximum Gasteiger partial charge on any atom is 0.227 e. The van der Waals surface area contributed by atoms with E-state index in [1.165, 1.54) is 5.69 Å². The minimum Gasteiger partial charge on any atom is -0.343 e. The zero-order valence-electron chi connectivity index (χ0n) is 16.0. The molecule has 3 heterocycles. The van der Waals surface area contributed by atoms with E-state index in [9.17, 15) is 9.59 Å². The van der Waals surface area contributed by atoms with Crippen molar-refractivity contribution in [3.8, 4) is 0 Å². The monoisotopic (exact) mass is 361 g/mol. The van der Waals surface area contributed by atoms with Crippen molar-refractivity contribution >= 4 is 11.8 Å². The van der Waals surface area contributed by atoms with Gasteiger partial charge in [0.2, 0.25) is 11.8 Å². The molecule has 3 rings (SSSR count). The Bertz CT molecular complexity index is 614. The molecule has 0 radical (unpaired) electrons. The molecule has 2 aliphatic rings.